The van der Waals surface area contributed by atoms with E-state index >= 15 is 0 Å². The maximum atomic E-state index is 12.5. The van der Waals surface area contributed by atoms with Crippen LogP contribution in [-0.4, -0.2) is 15.9 Å². The number of amides is 1. The van der Waals surface area contributed by atoms with Crippen LogP contribution in [-0.2, 0) is 10.3 Å². The second kappa shape index (κ2) is 5.88. The summed E-state index contributed by atoms with van der Waals surface area (Å²) >= 11 is 0. The summed E-state index contributed by atoms with van der Waals surface area (Å²) in [5, 5.41) is 2.95. The molecule has 0 aliphatic rings. The summed E-state index contributed by atoms with van der Waals surface area (Å²) in [5.41, 5.74) is 5.91. The number of aromatic nitrogens is 2. The first-order valence-electron chi connectivity index (χ1n) is 6.70. The van der Waals surface area contributed by atoms with Crippen molar-refractivity contribution < 1.29 is 4.79 Å². The Kier molecular flexibility index (Phi) is 4.20. The number of hydrogen-bond donors (Lipinski definition) is 3. The molecule has 1 amide bonds. The van der Waals surface area contributed by atoms with E-state index in [-0.39, 0.29) is 11.9 Å². The molecule has 1 aromatic carbocycles. The van der Waals surface area contributed by atoms with Crippen LogP contribution in [0.2, 0.25) is 0 Å². The summed E-state index contributed by atoms with van der Waals surface area (Å²) in [6, 6.07) is 9.19. The van der Waals surface area contributed by atoms with Gasteiger partial charge >= 0.3 is 0 Å². The van der Waals surface area contributed by atoms with Crippen molar-refractivity contribution in [2.45, 2.75) is 31.8 Å². The lowest BCUT2D eigenvalue weighted by Crippen LogP contribution is -2.50. The summed E-state index contributed by atoms with van der Waals surface area (Å²) in [5.74, 6) is 0.525. The fraction of sp³-hybridized carbons (Fsp3) is 0.333. The number of aromatic amines is 1. The third-order valence-corrected chi connectivity index (χ3v) is 3.41. The van der Waals surface area contributed by atoms with Gasteiger partial charge in [-0.25, -0.2) is 4.98 Å². The molecule has 0 aliphatic heterocycles. The number of rotatable bonds is 5. The Morgan fingerprint density at radius 1 is 1.45 bits per heavy atom. The Morgan fingerprint density at radius 3 is 2.70 bits per heavy atom. The van der Waals surface area contributed by atoms with Gasteiger partial charge < -0.3 is 16.0 Å². The first-order valence-corrected chi connectivity index (χ1v) is 6.70. The zero-order valence-electron chi connectivity index (χ0n) is 11.8. The molecule has 0 spiro atoms. The summed E-state index contributed by atoms with van der Waals surface area (Å²) in [6.45, 7) is 3.70. The van der Waals surface area contributed by atoms with E-state index < -0.39 is 5.54 Å². The van der Waals surface area contributed by atoms with Crippen LogP contribution in [0, 0.1) is 0 Å². The van der Waals surface area contributed by atoms with Crippen molar-refractivity contribution in [2.75, 3.05) is 0 Å². The van der Waals surface area contributed by atoms with Gasteiger partial charge in [0.1, 0.15) is 11.4 Å². The van der Waals surface area contributed by atoms with Crippen LogP contribution in [0.5, 0.6) is 0 Å². The quantitative estimate of drug-likeness (QED) is 0.776. The van der Waals surface area contributed by atoms with Crippen molar-refractivity contribution >= 4 is 5.91 Å². The zero-order chi connectivity index (χ0) is 14.6. The van der Waals surface area contributed by atoms with Gasteiger partial charge in [-0.15, -0.1) is 0 Å². The number of imidazole rings is 1. The van der Waals surface area contributed by atoms with Crippen LogP contribution in [0.1, 0.15) is 37.7 Å². The Morgan fingerprint density at radius 2 is 2.15 bits per heavy atom. The molecule has 1 aromatic heterocycles. The standard InChI is InChI=1S/C15H20N4O/c1-3-12(13-17-9-10-18-13)19-14(20)15(2,16)11-7-5-4-6-8-11/h4-10,12H,3,16H2,1-2H3,(H,17,18)(H,19,20). The average molecular weight is 272 g/mol. The summed E-state index contributed by atoms with van der Waals surface area (Å²) in [6.07, 6.45) is 4.15. The fourth-order valence-corrected chi connectivity index (χ4v) is 2.06. The first-order chi connectivity index (χ1) is 9.55. The second-order valence-corrected chi connectivity index (χ2v) is 4.98. The van der Waals surface area contributed by atoms with Gasteiger partial charge in [0.15, 0.2) is 0 Å². The molecule has 1 heterocycles. The van der Waals surface area contributed by atoms with Gasteiger partial charge in [-0.05, 0) is 18.9 Å². The Labute approximate surface area is 118 Å². The number of nitrogens with two attached hydrogens (primary N) is 1. The van der Waals surface area contributed by atoms with Gasteiger partial charge in [0, 0.05) is 12.4 Å². The highest BCUT2D eigenvalue weighted by atomic mass is 16.2. The van der Waals surface area contributed by atoms with Crippen molar-refractivity contribution in [1.29, 1.82) is 0 Å². The van der Waals surface area contributed by atoms with E-state index in [1.54, 1.807) is 19.3 Å². The number of nitrogens with zero attached hydrogens (tertiary/aromatic N) is 1. The smallest absolute Gasteiger partial charge is 0.244 e. The van der Waals surface area contributed by atoms with Crippen molar-refractivity contribution in [2.24, 2.45) is 5.73 Å². The largest absolute Gasteiger partial charge is 0.347 e. The van der Waals surface area contributed by atoms with Crippen molar-refractivity contribution in [3.8, 4) is 0 Å². The van der Waals surface area contributed by atoms with Crippen LogP contribution < -0.4 is 11.1 Å². The van der Waals surface area contributed by atoms with Crippen LogP contribution in [0.3, 0.4) is 0 Å². The molecule has 0 fully saturated rings. The zero-order valence-corrected chi connectivity index (χ0v) is 11.8. The second-order valence-electron chi connectivity index (χ2n) is 4.98. The van der Waals surface area contributed by atoms with E-state index in [1.165, 1.54) is 0 Å². The molecule has 2 aromatic rings. The minimum Gasteiger partial charge on any atom is -0.347 e. The third kappa shape index (κ3) is 2.88. The van der Waals surface area contributed by atoms with Crippen molar-refractivity contribution in [1.82, 2.24) is 15.3 Å². The molecule has 5 heteroatoms. The molecule has 2 atom stereocenters. The minimum atomic E-state index is -1.07. The number of carbonyl (C=O) groups is 1. The van der Waals surface area contributed by atoms with E-state index in [0.29, 0.717) is 0 Å². The number of hydrogen-bond acceptors (Lipinski definition) is 3. The van der Waals surface area contributed by atoms with Crippen LogP contribution in [0.15, 0.2) is 42.7 Å². The predicted molar refractivity (Wildman–Crippen MR) is 77.7 cm³/mol. The number of benzene rings is 1. The minimum absolute atomic E-state index is 0.163. The third-order valence-electron chi connectivity index (χ3n) is 3.41. The number of carbonyl (C=O) groups excluding carboxylic acids is 1. The van der Waals surface area contributed by atoms with Gasteiger partial charge in [0.05, 0.1) is 6.04 Å². The summed E-state index contributed by atoms with van der Waals surface area (Å²) < 4.78 is 0. The molecular formula is C15H20N4O. The Hall–Kier alpha value is -2.14. The average Bonchev–Trinajstić information content (AvgIpc) is 2.99. The first kappa shape index (κ1) is 14.3. The van der Waals surface area contributed by atoms with Crippen LogP contribution >= 0.6 is 0 Å². The molecule has 20 heavy (non-hydrogen) atoms. The van der Waals surface area contributed by atoms with E-state index in [0.717, 1.165) is 17.8 Å². The van der Waals surface area contributed by atoms with E-state index in [2.05, 4.69) is 15.3 Å². The van der Waals surface area contributed by atoms with E-state index in [4.69, 9.17) is 5.73 Å². The van der Waals surface area contributed by atoms with Gasteiger partial charge in [-0.2, -0.15) is 0 Å². The van der Waals surface area contributed by atoms with Crippen LogP contribution in [0.25, 0.3) is 0 Å². The summed E-state index contributed by atoms with van der Waals surface area (Å²) in [4.78, 5) is 19.7. The maximum absolute atomic E-state index is 12.5. The van der Waals surface area contributed by atoms with Crippen molar-refractivity contribution in [3.63, 3.8) is 0 Å². The maximum Gasteiger partial charge on any atom is 0.244 e. The van der Waals surface area contributed by atoms with Crippen molar-refractivity contribution in [3.05, 3.63) is 54.1 Å². The molecule has 0 aliphatic carbocycles. The molecule has 0 saturated heterocycles. The lowest BCUT2D eigenvalue weighted by molar-refractivity contribution is -0.127. The fourth-order valence-electron chi connectivity index (χ4n) is 2.06. The van der Waals surface area contributed by atoms with Gasteiger partial charge in [-0.1, -0.05) is 37.3 Å². The highest BCUT2D eigenvalue weighted by Crippen LogP contribution is 2.20. The summed E-state index contributed by atoms with van der Waals surface area (Å²) in [7, 11) is 0. The number of nitrogens with one attached hydrogen (secondary N) is 2. The lowest BCUT2D eigenvalue weighted by atomic mass is 9.92. The molecule has 2 rings (SSSR count). The molecule has 0 bridgehead atoms. The molecule has 5 nitrogen and oxygen atoms in total. The molecule has 2 unspecified atom stereocenters. The highest BCUT2D eigenvalue weighted by molar-refractivity contribution is 5.87. The molecule has 0 radical (unpaired) electrons. The van der Waals surface area contributed by atoms with Gasteiger partial charge in [-0.3, -0.25) is 4.79 Å². The van der Waals surface area contributed by atoms with Crippen LogP contribution in [0.4, 0.5) is 0 Å². The molecule has 0 saturated carbocycles. The SMILES string of the molecule is CCC(NC(=O)C(C)(N)c1ccccc1)c1ncc[nH]1. The lowest BCUT2D eigenvalue weighted by Gasteiger charge is -2.26. The molecular weight excluding hydrogens is 252 g/mol. The molecule has 4 N–H and O–H groups in total. The van der Waals surface area contributed by atoms with Gasteiger partial charge in [0.25, 0.3) is 0 Å². The highest BCUT2D eigenvalue weighted by Gasteiger charge is 2.32. The normalized spacial score (nSPS) is 15.3. The molecule has 106 valence electrons. The predicted octanol–water partition coefficient (Wildman–Crippen LogP) is 1.85. The Balaban J connectivity index is 2.15. The Bertz CT molecular complexity index is 549. The van der Waals surface area contributed by atoms with E-state index in [9.17, 15) is 4.79 Å². The van der Waals surface area contributed by atoms with E-state index in [1.807, 2.05) is 37.3 Å². The van der Waals surface area contributed by atoms with Gasteiger partial charge in [0.2, 0.25) is 5.91 Å². The topological polar surface area (TPSA) is 83.8 Å². The monoisotopic (exact) mass is 272 g/mol. The number of H-pyrrole nitrogens is 1.